The third-order valence-electron chi connectivity index (χ3n) is 1.41. The van der Waals surface area contributed by atoms with Gasteiger partial charge in [-0.05, 0) is 34.5 Å². The SMILES string of the molecule is Cc1cc(F)c(Br)c(F)c1N.Cl. The molecule has 0 fully saturated rings. The van der Waals surface area contributed by atoms with Crippen molar-refractivity contribution in [3.05, 3.63) is 27.7 Å². The van der Waals surface area contributed by atoms with Gasteiger partial charge in [0, 0.05) is 0 Å². The van der Waals surface area contributed by atoms with Crippen LogP contribution in [0.1, 0.15) is 5.56 Å². The number of hydrogen-bond acceptors (Lipinski definition) is 1. The van der Waals surface area contributed by atoms with Gasteiger partial charge < -0.3 is 5.73 Å². The molecule has 0 bridgehead atoms. The van der Waals surface area contributed by atoms with Crippen LogP contribution in [0.5, 0.6) is 0 Å². The number of hydrogen-bond donors (Lipinski definition) is 1. The van der Waals surface area contributed by atoms with Crippen molar-refractivity contribution in [1.82, 2.24) is 0 Å². The standard InChI is InChI=1S/C7H6BrF2N.ClH/c1-3-2-4(9)5(8)6(10)7(3)11;/h2H,11H2,1H3;1H. The van der Waals surface area contributed by atoms with E-state index in [1.165, 1.54) is 6.07 Å². The summed E-state index contributed by atoms with van der Waals surface area (Å²) >= 11 is 2.73. The van der Waals surface area contributed by atoms with Gasteiger partial charge in [-0.1, -0.05) is 0 Å². The van der Waals surface area contributed by atoms with E-state index in [1.807, 2.05) is 0 Å². The van der Waals surface area contributed by atoms with Crippen LogP contribution in [0.25, 0.3) is 0 Å². The summed E-state index contributed by atoms with van der Waals surface area (Å²) in [6.45, 7) is 1.55. The molecule has 2 N–H and O–H groups in total. The van der Waals surface area contributed by atoms with Gasteiger partial charge in [0.25, 0.3) is 0 Å². The molecule has 5 heteroatoms. The van der Waals surface area contributed by atoms with E-state index in [-0.39, 0.29) is 22.6 Å². The molecule has 0 aromatic heterocycles. The van der Waals surface area contributed by atoms with E-state index in [2.05, 4.69) is 15.9 Å². The van der Waals surface area contributed by atoms with Gasteiger partial charge in [-0.3, -0.25) is 0 Å². The third-order valence-corrected chi connectivity index (χ3v) is 2.13. The van der Waals surface area contributed by atoms with Crippen LogP contribution < -0.4 is 5.73 Å². The van der Waals surface area contributed by atoms with Crippen molar-refractivity contribution in [2.24, 2.45) is 0 Å². The molecular weight excluding hydrogens is 251 g/mol. The zero-order valence-corrected chi connectivity index (χ0v) is 8.60. The Morgan fingerprint density at radius 3 is 2.42 bits per heavy atom. The van der Waals surface area contributed by atoms with Crippen LogP contribution >= 0.6 is 28.3 Å². The van der Waals surface area contributed by atoms with Crippen LogP contribution in [0, 0.1) is 18.6 Å². The lowest BCUT2D eigenvalue weighted by atomic mass is 10.2. The van der Waals surface area contributed by atoms with E-state index in [0.717, 1.165) is 0 Å². The van der Waals surface area contributed by atoms with E-state index in [0.29, 0.717) is 5.56 Å². The van der Waals surface area contributed by atoms with Gasteiger partial charge in [0.15, 0.2) is 5.82 Å². The van der Waals surface area contributed by atoms with Crippen molar-refractivity contribution < 1.29 is 8.78 Å². The van der Waals surface area contributed by atoms with Crippen molar-refractivity contribution >= 4 is 34.0 Å². The molecule has 1 aromatic carbocycles. The molecule has 12 heavy (non-hydrogen) atoms. The van der Waals surface area contributed by atoms with Crippen LogP contribution in [-0.2, 0) is 0 Å². The Morgan fingerprint density at radius 2 is 1.92 bits per heavy atom. The molecule has 68 valence electrons. The first-order valence-electron chi connectivity index (χ1n) is 2.93. The highest BCUT2D eigenvalue weighted by Crippen LogP contribution is 2.26. The molecule has 1 aromatic rings. The maximum Gasteiger partial charge on any atom is 0.163 e. The summed E-state index contributed by atoms with van der Waals surface area (Å²) in [6, 6.07) is 1.18. The summed E-state index contributed by atoms with van der Waals surface area (Å²) in [5.74, 6) is -1.36. The van der Waals surface area contributed by atoms with Gasteiger partial charge in [0.2, 0.25) is 0 Å². The first-order valence-corrected chi connectivity index (χ1v) is 3.73. The van der Waals surface area contributed by atoms with Crippen molar-refractivity contribution in [2.75, 3.05) is 5.73 Å². The van der Waals surface area contributed by atoms with Crippen LogP contribution in [0.4, 0.5) is 14.5 Å². The maximum absolute atomic E-state index is 12.8. The summed E-state index contributed by atoms with van der Waals surface area (Å²) in [4.78, 5) is 0. The van der Waals surface area contributed by atoms with E-state index in [1.54, 1.807) is 6.92 Å². The second kappa shape index (κ2) is 4.05. The van der Waals surface area contributed by atoms with Crippen molar-refractivity contribution in [1.29, 1.82) is 0 Å². The number of nitrogens with two attached hydrogens (primary N) is 1. The summed E-state index contributed by atoms with van der Waals surface area (Å²) in [5.41, 5.74) is 5.67. The van der Waals surface area contributed by atoms with Crippen LogP contribution in [0.15, 0.2) is 10.5 Å². The minimum Gasteiger partial charge on any atom is -0.396 e. The Labute approximate surface area is 83.5 Å². The van der Waals surface area contributed by atoms with Crippen molar-refractivity contribution in [3.8, 4) is 0 Å². The molecule has 0 aliphatic carbocycles. The molecular formula is C7H7BrClF2N. The van der Waals surface area contributed by atoms with Gasteiger partial charge in [-0.2, -0.15) is 0 Å². The molecule has 0 amide bonds. The van der Waals surface area contributed by atoms with E-state index >= 15 is 0 Å². The Morgan fingerprint density at radius 1 is 1.42 bits per heavy atom. The molecule has 0 radical (unpaired) electrons. The zero-order chi connectivity index (χ0) is 8.59. The fourth-order valence-corrected chi connectivity index (χ4v) is 1.06. The highest BCUT2D eigenvalue weighted by Gasteiger charge is 2.11. The predicted molar refractivity (Wildman–Crippen MR) is 50.5 cm³/mol. The number of aryl methyl sites for hydroxylation is 1. The minimum absolute atomic E-state index is 0. The third kappa shape index (κ3) is 1.87. The van der Waals surface area contributed by atoms with Gasteiger partial charge in [-0.15, -0.1) is 12.4 Å². The molecule has 0 saturated carbocycles. The van der Waals surface area contributed by atoms with Crippen LogP contribution in [0.2, 0.25) is 0 Å². The molecule has 0 unspecified atom stereocenters. The van der Waals surface area contributed by atoms with Crippen LogP contribution in [-0.4, -0.2) is 0 Å². The average molecular weight is 258 g/mol. The summed E-state index contributed by atoms with van der Waals surface area (Å²) in [7, 11) is 0. The Balaban J connectivity index is 0.00000121. The Hall–Kier alpha value is -0.350. The van der Waals surface area contributed by atoms with Gasteiger partial charge in [-0.25, -0.2) is 8.78 Å². The van der Waals surface area contributed by atoms with E-state index < -0.39 is 11.6 Å². The normalized spacial score (nSPS) is 9.33. The smallest absolute Gasteiger partial charge is 0.163 e. The minimum atomic E-state index is -0.734. The van der Waals surface area contributed by atoms with Gasteiger partial charge in [0.05, 0.1) is 10.2 Å². The molecule has 0 heterocycles. The lowest BCUT2D eigenvalue weighted by molar-refractivity contribution is 0.573. The quantitative estimate of drug-likeness (QED) is 0.562. The summed E-state index contributed by atoms with van der Waals surface area (Å²) in [5, 5.41) is 0. The molecule has 0 aliphatic heterocycles. The maximum atomic E-state index is 12.8. The number of rotatable bonds is 0. The largest absolute Gasteiger partial charge is 0.396 e. The summed E-state index contributed by atoms with van der Waals surface area (Å²) in [6.07, 6.45) is 0. The fraction of sp³-hybridized carbons (Fsp3) is 0.143. The van der Waals surface area contributed by atoms with Crippen LogP contribution in [0.3, 0.4) is 0 Å². The monoisotopic (exact) mass is 257 g/mol. The lowest BCUT2D eigenvalue weighted by Gasteiger charge is -2.03. The number of benzene rings is 1. The van der Waals surface area contributed by atoms with Gasteiger partial charge in [0.1, 0.15) is 5.82 Å². The second-order valence-electron chi connectivity index (χ2n) is 2.22. The summed E-state index contributed by atoms with van der Waals surface area (Å²) < 4.78 is 25.3. The van der Waals surface area contributed by atoms with Gasteiger partial charge >= 0.3 is 0 Å². The number of anilines is 1. The first-order chi connectivity index (χ1) is 5.04. The predicted octanol–water partition coefficient (Wildman–Crippen LogP) is 3.04. The Kier molecular flexibility index (Phi) is 3.93. The molecule has 1 nitrogen and oxygen atoms in total. The number of halogens is 4. The molecule has 0 aliphatic rings. The van der Waals surface area contributed by atoms with E-state index in [4.69, 9.17) is 5.73 Å². The topological polar surface area (TPSA) is 26.0 Å². The average Bonchev–Trinajstić information content (AvgIpc) is 1.97. The van der Waals surface area contributed by atoms with E-state index in [9.17, 15) is 8.78 Å². The number of nitrogen functional groups attached to an aromatic ring is 1. The molecule has 1 rings (SSSR count). The fourth-order valence-electron chi connectivity index (χ4n) is 0.727. The highest BCUT2D eigenvalue weighted by atomic mass is 79.9. The second-order valence-corrected chi connectivity index (χ2v) is 3.01. The van der Waals surface area contributed by atoms with Crippen molar-refractivity contribution in [3.63, 3.8) is 0 Å². The molecule has 0 saturated heterocycles. The molecule has 0 spiro atoms. The van der Waals surface area contributed by atoms with Crippen molar-refractivity contribution in [2.45, 2.75) is 6.92 Å². The molecule has 0 atom stereocenters. The zero-order valence-electron chi connectivity index (χ0n) is 6.20. The lowest BCUT2D eigenvalue weighted by Crippen LogP contribution is -1.97. The first kappa shape index (κ1) is 11.6. The Bertz CT molecular complexity index is 278. The highest BCUT2D eigenvalue weighted by molar-refractivity contribution is 9.10.